The second-order valence-electron chi connectivity index (χ2n) is 7.50. The van der Waals surface area contributed by atoms with Gasteiger partial charge in [0, 0.05) is 28.9 Å². The molecule has 1 aliphatic carbocycles. The molecule has 0 fully saturated rings. The molecule has 1 aromatic heterocycles. The maximum Gasteiger partial charge on any atom is 0.133 e. The predicted octanol–water partition coefficient (Wildman–Crippen LogP) is 3.40. The smallest absolute Gasteiger partial charge is 0.133 e. The highest BCUT2D eigenvalue weighted by atomic mass is 15.0. The lowest BCUT2D eigenvalue weighted by atomic mass is 9.74. The summed E-state index contributed by atoms with van der Waals surface area (Å²) in [4.78, 5) is 9.45. The predicted molar refractivity (Wildman–Crippen MR) is 79.3 cm³/mol. The van der Waals surface area contributed by atoms with Gasteiger partial charge in [0.25, 0.3) is 0 Å². The maximum atomic E-state index is 4.86. The molecule has 0 radical (unpaired) electrons. The molecule has 106 valence electrons. The van der Waals surface area contributed by atoms with E-state index in [4.69, 9.17) is 4.98 Å². The molecule has 1 aliphatic rings. The topological polar surface area (TPSA) is 37.8 Å². The van der Waals surface area contributed by atoms with Crippen LogP contribution < -0.4 is 5.32 Å². The average molecular weight is 261 g/mol. The molecule has 19 heavy (non-hydrogen) atoms. The molecule has 0 saturated heterocycles. The first-order valence-corrected chi connectivity index (χ1v) is 7.32. The molecular weight excluding hydrogens is 234 g/mol. The van der Waals surface area contributed by atoms with Crippen molar-refractivity contribution in [2.45, 2.75) is 65.8 Å². The standard InChI is InChI=1S/C16H27N3/c1-7-17-12-8-16(5,6)9-13-11(12)10-18-14(19-13)15(2,3)4/h10,12,17H,7-9H2,1-6H3. The summed E-state index contributed by atoms with van der Waals surface area (Å²) in [5, 5.41) is 3.57. The SMILES string of the molecule is CCNC1CC(C)(C)Cc2nc(C(C)(C)C)ncc21. The zero-order chi connectivity index (χ0) is 14.3. The number of hydrogen-bond donors (Lipinski definition) is 1. The Balaban J connectivity index is 2.42. The van der Waals surface area contributed by atoms with Crippen LogP contribution in [0.5, 0.6) is 0 Å². The van der Waals surface area contributed by atoms with Crippen molar-refractivity contribution in [3.63, 3.8) is 0 Å². The normalized spacial score (nSPS) is 22.1. The largest absolute Gasteiger partial charge is 0.310 e. The summed E-state index contributed by atoms with van der Waals surface area (Å²) < 4.78 is 0. The molecule has 1 aromatic rings. The maximum absolute atomic E-state index is 4.86. The van der Waals surface area contributed by atoms with Gasteiger partial charge >= 0.3 is 0 Å². The Morgan fingerprint density at radius 3 is 2.63 bits per heavy atom. The molecule has 1 N–H and O–H groups in total. The number of aromatic nitrogens is 2. The van der Waals surface area contributed by atoms with Crippen molar-refractivity contribution in [2.24, 2.45) is 5.41 Å². The summed E-state index contributed by atoms with van der Waals surface area (Å²) >= 11 is 0. The Bertz CT molecular complexity index is 458. The lowest BCUT2D eigenvalue weighted by Crippen LogP contribution is -2.35. The van der Waals surface area contributed by atoms with Gasteiger partial charge in [-0.15, -0.1) is 0 Å². The first-order valence-electron chi connectivity index (χ1n) is 7.32. The minimum Gasteiger partial charge on any atom is -0.310 e. The molecule has 0 bridgehead atoms. The van der Waals surface area contributed by atoms with E-state index >= 15 is 0 Å². The Hall–Kier alpha value is -0.960. The second-order valence-corrected chi connectivity index (χ2v) is 7.50. The van der Waals surface area contributed by atoms with Crippen molar-refractivity contribution in [3.8, 4) is 0 Å². The number of rotatable bonds is 2. The van der Waals surface area contributed by atoms with Crippen LogP contribution in [0.4, 0.5) is 0 Å². The van der Waals surface area contributed by atoms with Crippen LogP contribution in [0.15, 0.2) is 6.20 Å². The molecule has 3 heteroatoms. The molecule has 0 saturated carbocycles. The summed E-state index contributed by atoms with van der Waals surface area (Å²) in [6, 6.07) is 0.401. The van der Waals surface area contributed by atoms with Gasteiger partial charge in [0.2, 0.25) is 0 Å². The Labute approximate surface area is 117 Å². The van der Waals surface area contributed by atoms with Gasteiger partial charge in [-0.05, 0) is 24.8 Å². The zero-order valence-electron chi connectivity index (χ0n) is 13.2. The fourth-order valence-corrected chi connectivity index (χ4v) is 2.84. The molecule has 1 atom stereocenters. The van der Waals surface area contributed by atoms with Crippen LogP contribution >= 0.6 is 0 Å². The molecule has 1 heterocycles. The van der Waals surface area contributed by atoms with Crippen LogP contribution in [0, 0.1) is 5.41 Å². The Kier molecular flexibility index (Phi) is 3.69. The summed E-state index contributed by atoms with van der Waals surface area (Å²) in [6.45, 7) is 14.3. The number of fused-ring (bicyclic) bond motifs is 1. The number of nitrogens with one attached hydrogen (secondary N) is 1. The van der Waals surface area contributed by atoms with E-state index in [1.807, 2.05) is 6.20 Å². The molecular formula is C16H27N3. The molecule has 0 spiro atoms. The molecule has 0 amide bonds. The van der Waals surface area contributed by atoms with Crippen LogP contribution in [0.3, 0.4) is 0 Å². The highest BCUT2D eigenvalue weighted by molar-refractivity contribution is 5.27. The Morgan fingerprint density at radius 2 is 2.05 bits per heavy atom. The fourth-order valence-electron chi connectivity index (χ4n) is 2.84. The van der Waals surface area contributed by atoms with Crippen molar-refractivity contribution in [1.82, 2.24) is 15.3 Å². The van der Waals surface area contributed by atoms with Crippen LogP contribution in [0.1, 0.15) is 71.1 Å². The van der Waals surface area contributed by atoms with Crippen LogP contribution in [-0.4, -0.2) is 16.5 Å². The highest BCUT2D eigenvalue weighted by Gasteiger charge is 2.34. The Morgan fingerprint density at radius 1 is 1.37 bits per heavy atom. The van der Waals surface area contributed by atoms with Gasteiger partial charge in [0.1, 0.15) is 5.82 Å². The lowest BCUT2D eigenvalue weighted by Gasteiger charge is -2.37. The summed E-state index contributed by atoms with van der Waals surface area (Å²) in [7, 11) is 0. The summed E-state index contributed by atoms with van der Waals surface area (Å²) in [5.41, 5.74) is 2.87. The van der Waals surface area contributed by atoms with E-state index in [9.17, 15) is 0 Å². The highest BCUT2D eigenvalue weighted by Crippen LogP contribution is 2.40. The van der Waals surface area contributed by atoms with E-state index in [1.54, 1.807) is 0 Å². The summed E-state index contributed by atoms with van der Waals surface area (Å²) in [6.07, 6.45) is 4.26. The van der Waals surface area contributed by atoms with E-state index in [2.05, 4.69) is 51.8 Å². The van der Waals surface area contributed by atoms with Gasteiger partial charge < -0.3 is 5.32 Å². The monoisotopic (exact) mass is 261 g/mol. The van der Waals surface area contributed by atoms with Crippen LogP contribution in [0.25, 0.3) is 0 Å². The number of nitrogens with zero attached hydrogens (tertiary/aromatic N) is 2. The zero-order valence-corrected chi connectivity index (χ0v) is 13.2. The van der Waals surface area contributed by atoms with Crippen molar-refractivity contribution in [2.75, 3.05) is 6.54 Å². The van der Waals surface area contributed by atoms with E-state index in [0.29, 0.717) is 11.5 Å². The molecule has 0 aromatic carbocycles. The van der Waals surface area contributed by atoms with Crippen molar-refractivity contribution in [1.29, 1.82) is 0 Å². The van der Waals surface area contributed by atoms with Gasteiger partial charge in [-0.3, -0.25) is 0 Å². The van der Waals surface area contributed by atoms with E-state index < -0.39 is 0 Å². The first-order chi connectivity index (χ1) is 8.73. The van der Waals surface area contributed by atoms with Gasteiger partial charge in [-0.25, -0.2) is 9.97 Å². The average Bonchev–Trinajstić information content (AvgIpc) is 2.25. The molecule has 0 aliphatic heterocycles. The minimum atomic E-state index is 0.0182. The van der Waals surface area contributed by atoms with Crippen molar-refractivity contribution in [3.05, 3.63) is 23.3 Å². The number of hydrogen-bond acceptors (Lipinski definition) is 3. The van der Waals surface area contributed by atoms with Gasteiger partial charge in [0.05, 0.1) is 0 Å². The molecule has 1 unspecified atom stereocenters. The third-order valence-corrected chi connectivity index (χ3v) is 3.80. The lowest BCUT2D eigenvalue weighted by molar-refractivity contribution is 0.254. The third-order valence-electron chi connectivity index (χ3n) is 3.80. The molecule has 2 rings (SSSR count). The van der Waals surface area contributed by atoms with Crippen molar-refractivity contribution < 1.29 is 0 Å². The second kappa shape index (κ2) is 4.86. The van der Waals surface area contributed by atoms with Crippen LogP contribution in [-0.2, 0) is 11.8 Å². The quantitative estimate of drug-likeness (QED) is 0.886. The van der Waals surface area contributed by atoms with Crippen molar-refractivity contribution >= 4 is 0 Å². The van der Waals surface area contributed by atoms with Crippen LogP contribution in [0.2, 0.25) is 0 Å². The van der Waals surface area contributed by atoms with E-state index in [-0.39, 0.29) is 5.41 Å². The molecule has 3 nitrogen and oxygen atoms in total. The van der Waals surface area contributed by atoms with E-state index in [0.717, 1.165) is 25.2 Å². The third kappa shape index (κ3) is 3.14. The first kappa shape index (κ1) is 14.4. The minimum absolute atomic E-state index is 0.0182. The fraction of sp³-hybridized carbons (Fsp3) is 0.750. The van der Waals surface area contributed by atoms with Gasteiger partial charge in [0.15, 0.2) is 0 Å². The van der Waals surface area contributed by atoms with Gasteiger partial charge in [-0.2, -0.15) is 0 Å². The van der Waals surface area contributed by atoms with E-state index in [1.165, 1.54) is 11.3 Å². The summed E-state index contributed by atoms with van der Waals surface area (Å²) in [5.74, 6) is 0.958. The van der Waals surface area contributed by atoms with Gasteiger partial charge in [-0.1, -0.05) is 41.5 Å².